The number of aliphatic carboxylic acids is 1. The molecule has 0 aromatic carbocycles. The van der Waals surface area contributed by atoms with Gasteiger partial charge in [0.2, 0.25) is 0 Å². The zero-order chi connectivity index (χ0) is 14.7. The van der Waals surface area contributed by atoms with Crippen molar-refractivity contribution >= 4 is 12.0 Å². The Morgan fingerprint density at radius 2 is 1.68 bits per heavy atom. The van der Waals surface area contributed by atoms with Crippen molar-refractivity contribution in [1.29, 1.82) is 0 Å². The molecule has 0 radical (unpaired) electrons. The number of carboxylic acid groups (broad SMARTS) is 1. The van der Waals surface area contributed by atoms with E-state index in [-0.39, 0.29) is 11.4 Å². The predicted molar refractivity (Wildman–Crippen MR) is 74.1 cm³/mol. The Labute approximate surface area is 115 Å². The number of rotatable bonds is 4. The fraction of sp³-hybridized carbons (Fsp3) is 0.857. The topological polar surface area (TPSA) is 69.6 Å². The molecule has 2 N–H and O–H groups in total. The maximum absolute atomic E-state index is 12.2. The number of hydrogen-bond acceptors (Lipinski definition) is 2. The van der Waals surface area contributed by atoms with E-state index in [4.69, 9.17) is 0 Å². The number of hydrogen-bond donors (Lipinski definition) is 2. The lowest BCUT2D eigenvalue weighted by Gasteiger charge is -2.39. The molecule has 0 aliphatic carbocycles. The molecular formula is C14H26N2O3. The number of likely N-dealkylation sites (tertiary alicyclic amines) is 1. The second kappa shape index (κ2) is 5.80. The summed E-state index contributed by atoms with van der Waals surface area (Å²) in [5, 5.41) is 12.0. The highest BCUT2D eigenvalue weighted by Gasteiger charge is 2.38. The van der Waals surface area contributed by atoms with Crippen LogP contribution >= 0.6 is 0 Å². The van der Waals surface area contributed by atoms with E-state index in [0.717, 1.165) is 12.8 Å². The van der Waals surface area contributed by atoms with E-state index < -0.39 is 11.5 Å². The molecule has 0 spiro atoms. The van der Waals surface area contributed by atoms with Crippen LogP contribution in [-0.2, 0) is 4.79 Å². The molecule has 0 saturated carbocycles. The highest BCUT2D eigenvalue weighted by Crippen LogP contribution is 2.30. The van der Waals surface area contributed by atoms with Gasteiger partial charge in [0.1, 0.15) is 5.54 Å². The number of piperidine rings is 1. The van der Waals surface area contributed by atoms with Crippen molar-refractivity contribution in [1.82, 2.24) is 10.2 Å². The van der Waals surface area contributed by atoms with Gasteiger partial charge in [0, 0.05) is 13.1 Å². The molecule has 1 fully saturated rings. The van der Waals surface area contributed by atoms with Crippen molar-refractivity contribution < 1.29 is 14.7 Å². The number of nitrogens with zero attached hydrogens (tertiary/aromatic N) is 1. The van der Waals surface area contributed by atoms with Crippen molar-refractivity contribution in [2.75, 3.05) is 13.1 Å². The molecule has 1 saturated heterocycles. The highest BCUT2D eigenvalue weighted by molar-refractivity contribution is 5.86. The minimum atomic E-state index is -1.13. The monoisotopic (exact) mass is 270 g/mol. The fourth-order valence-corrected chi connectivity index (χ4v) is 2.38. The van der Waals surface area contributed by atoms with Crippen LogP contribution in [0.5, 0.6) is 0 Å². The number of carbonyl (C=O) groups excluding carboxylic acids is 1. The van der Waals surface area contributed by atoms with E-state index in [1.54, 1.807) is 18.7 Å². The zero-order valence-electron chi connectivity index (χ0n) is 12.5. The Hall–Kier alpha value is -1.26. The lowest BCUT2D eigenvalue weighted by molar-refractivity contribution is -0.144. The van der Waals surface area contributed by atoms with E-state index in [1.165, 1.54) is 0 Å². The molecule has 1 heterocycles. The maximum Gasteiger partial charge on any atom is 0.329 e. The van der Waals surface area contributed by atoms with Gasteiger partial charge in [-0.05, 0) is 31.1 Å². The van der Waals surface area contributed by atoms with Crippen molar-refractivity contribution in [3.63, 3.8) is 0 Å². The number of carbonyl (C=O) groups is 2. The van der Waals surface area contributed by atoms with Gasteiger partial charge in [0.25, 0.3) is 0 Å². The molecule has 19 heavy (non-hydrogen) atoms. The first kappa shape index (κ1) is 15.8. The molecule has 110 valence electrons. The summed E-state index contributed by atoms with van der Waals surface area (Å²) in [6.45, 7) is 9.36. The second-order valence-electron chi connectivity index (χ2n) is 6.18. The van der Waals surface area contributed by atoms with Gasteiger partial charge in [0.05, 0.1) is 0 Å². The zero-order valence-corrected chi connectivity index (χ0v) is 12.5. The molecule has 0 bridgehead atoms. The van der Waals surface area contributed by atoms with E-state index in [0.29, 0.717) is 25.9 Å². The van der Waals surface area contributed by atoms with Crippen LogP contribution < -0.4 is 5.32 Å². The van der Waals surface area contributed by atoms with Crippen LogP contribution in [0, 0.1) is 5.41 Å². The van der Waals surface area contributed by atoms with Crippen molar-refractivity contribution in [2.24, 2.45) is 5.41 Å². The summed E-state index contributed by atoms with van der Waals surface area (Å²) >= 11 is 0. The number of carboxylic acids is 1. The first-order valence-electron chi connectivity index (χ1n) is 7.07. The average Bonchev–Trinajstić information content (AvgIpc) is 2.35. The molecule has 5 nitrogen and oxygen atoms in total. The lowest BCUT2D eigenvalue weighted by Crippen LogP contribution is -2.58. The quantitative estimate of drug-likeness (QED) is 0.824. The molecule has 0 aromatic heterocycles. The largest absolute Gasteiger partial charge is 0.480 e. The van der Waals surface area contributed by atoms with Gasteiger partial charge in [-0.2, -0.15) is 0 Å². The van der Waals surface area contributed by atoms with Crippen LogP contribution in [0.4, 0.5) is 4.79 Å². The minimum Gasteiger partial charge on any atom is -0.480 e. The van der Waals surface area contributed by atoms with E-state index >= 15 is 0 Å². The van der Waals surface area contributed by atoms with Crippen molar-refractivity contribution in [2.45, 2.75) is 58.9 Å². The number of urea groups is 1. The van der Waals surface area contributed by atoms with Crippen LogP contribution in [0.25, 0.3) is 0 Å². The molecular weight excluding hydrogens is 244 g/mol. The standard InChI is InChI=1S/C14H26N2O3/c1-5-14(6-2,11(17)18)15-12(19)16-9-7-13(3,4)8-10-16/h5-10H2,1-4H3,(H,15,19)(H,17,18). The summed E-state index contributed by atoms with van der Waals surface area (Å²) in [6, 6.07) is -0.249. The van der Waals surface area contributed by atoms with Gasteiger partial charge < -0.3 is 15.3 Å². The second-order valence-corrected chi connectivity index (χ2v) is 6.18. The molecule has 2 amide bonds. The Bertz CT molecular complexity index is 339. The molecule has 1 aliphatic rings. The Morgan fingerprint density at radius 1 is 1.21 bits per heavy atom. The normalized spacial score (nSPS) is 19.1. The summed E-state index contributed by atoms with van der Waals surface area (Å²) in [6.07, 6.45) is 2.70. The number of nitrogens with one attached hydrogen (secondary N) is 1. The lowest BCUT2D eigenvalue weighted by atomic mass is 9.83. The Balaban J connectivity index is 2.66. The third kappa shape index (κ3) is 3.61. The summed E-state index contributed by atoms with van der Waals surface area (Å²) in [5.74, 6) is -0.955. The smallest absolute Gasteiger partial charge is 0.329 e. The molecule has 0 unspecified atom stereocenters. The maximum atomic E-state index is 12.2. The van der Waals surface area contributed by atoms with Crippen LogP contribution in [0.1, 0.15) is 53.4 Å². The SMILES string of the molecule is CCC(CC)(NC(=O)N1CCC(C)(C)CC1)C(=O)O. The van der Waals surface area contributed by atoms with E-state index in [2.05, 4.69) is 19.2 Å². The molecule has 0 aromatic rings. The van der Waals surface area contributed by atoms with Crippen LogP contribution in [0.3, 0.4) is 0 Å². The fourth-order valence-electron chi connectivity index (χ4n) is 2.38. The van der Waals surface area contributed by atoms with E-state index in [9.17, 15) is 14.7 Å². The summed E-state index contributed by atoms with van der Waals surface area (Å²) in [7, 11) is 0. The third-order valence-corrected chi connectivity index (χ3v) is 4.37. The Morgan fingerprint density at radius 3 is 2.05 bits per heavy atom. The van der Waals surface area contributed by atoms with Crippen LogP contribution in [0.15, 0.2) is 0 Å². The molecule has 5 heteroatoms. The summed E-state index contributed by atoms with van der Waals surface area (Å²) in [4.78, 5) is 25.3. The van der Waals surface area contributed by atoms with Gasteiger partial charge in [-0.25, -0.2) is 9.59 Å². The first-order chi connectivity index (χ1) is 8.76. The number of amides is 2. The summed E-state index contributed by atoms with van der Waals surface area (Å²) in [5.41, 5.74) is -0.861. The Kier molecular flexibility index (Phi) is 4.82. The predicted octanol–water partition coefficient (Wildman–Crippen LogP) is 2.46. The van der Waals surface area contributed by atoms with Gasteiger partial charge in [-0.3, -0.25) is 0 Å². The van der Waals surface area contributed by atoms with Crippen molar-refractivity contribution in [3.05, 3.63) is 0 Å². The highest BCUT2D eigenvalue weighted by atomic mass is 16.4. The van der Waals surface area contributed by atoms with E-state index in [1.807, 2.05) is 0 Å². The minimum absolute atomic E-state index is 0.249. The first-order valence-corrected chi connectivity index (χ1v) is 7.07. The van der Waals surface area contributed by atoms with Gasteiger partial charge >= 0.3 is 12.0 Å². The van der Waals surface area contributed by atoms with Crippen LogP contribution in [0.2, 0.25) is 0 Å². The average molecular weight is 270 g/mol. The van der Waals surface area contributed by atoms with Crippen molar-refractivity contribution in [3.8, 4) is 0 Å². The third-order valence-electron chi connectivity index (χ3n) is 4.37. The summed E-state index contributed by atoms with van der Waals surface area (Å²) < 4.78 is 0. The van der Waals surface area contributed by atoms with Gasteiger partial charge in [0.15, 0.2) is 0 Å². The molecule has 1 rings (SSSR count). The molecule has 1 aliphatic heterocycles. The van der Waals surface area contributed by atoms with Gasteiger partial charge in [-0.15, -0.1) is 0 Å². The molecule has 0 atom stereocenters. The van der Waals surface area contributed by atoms with Crippen LogP contribution in [-0.4, -0.2) is 40.6 Å². The van der Waals surface area contributed by atoms with Gasteiger partial charge in [-0.1, -0.05) is 27.7 Å².